The highest BCUT2D eigenvalue weighted by atomic mass is 35.5. The number of aryl methyl sites for hydroxylation is 2. The van der Waals surface area contributed by atoms with Crippen LogP contribution in [0.2, 0.25) is 5.02 Å². The third-order valence-electron chi connectivity index (χ3n) is 3.03. The molecule has 0 fully saturated rings. The fourth-order valence-corrected chi connectivity index (χ4v) is 2.21. The number of hydrogen-bond donors (Lipinski definition) is 1. The van der Waals surface area contributed by atoms with Crippen LogP contribution in [-0.2, 0) is 0 Å². The average Bonchev–Trinajstić information content (AvgIpc) is 2.75. The molecule has 0 aliphatic carbocycles. The van der Waals surface area contributed by atoms with Crippen molar-refractivity contribution in [2.45, 2.75) is 33.7 Å². The van der Waals surface area contributed by atoms with E-state index in [9.17, 15) is 9.18 Å². The van der Waals surface area contributed by atoms with Crippen molar-refractivity contribution < 1.29 is 9.18 Å². The topological polar surface area (TPSA) is 59.8 Å². The van der Waals surface area contributed by atoms with Gasteiger partial charge < -0.3 is 0 Å². The van der Waals surface area contributed by atoms with Gasteiger partial charge in [-0.2, -0.15) is 4.98 Å². The Morgan fingerprint density at radius 3 is 2.62 bits per heavy atom. The van der Waals surface area contributed by atoms with Crippen LogP contribution in [0.15, 0.2) is 12.1 Å². The molecule has 2 rings (SSSR count). The van der Waals surface area contributed by atoms with E-state index in [1.807, 2.05) is 13.8 Å². The third kappa shape index (κ3) is 3.05. The van der Waals surface area contributed by atoms with Gasteiger partial charge in [-0.1, -0.05) is 17.7 Å². The van der Waals surface area contributed by atoms with E-state index < -0.39 is 11.7 Å². The predicted octanol–water partition coefficient (Wildman–Crippen LogP) is 3.52. The number of nitrogens with one attached hydrogen (secondary N) is 1. The number of amides is 1. The van der Waals surface area contributed by atoms with Crippen molar-refractivity contribution in [2.75, 3.05) is 5.32 Å². The van der Waals surface area contributed by atoms with Crippen molar-refractivity contribution in [3.63, 3.8) is 0 Å². The lowest BCUT2D eigenvalue weighted by Crippen LogP contribution is -2.16. The molecule has 0 radical (unpaired) electrons. The van der Waals surface area contributed by atoms with Gasteiger partial charge in [-0.15, -0.1) is 5.10 Å². The van der Waals surface area contributed by atoms with Crippen LogP contribution in [0.5, 0.6) is 0 Å². The van der Waals surface area contributed by atoms with Crippen LogP contribution in [0.1, 0.15) is 41.6 Å². The normalized spacial score (nSPS) is 11.0. The Balaban J connectivity index is 2.31. The van der Waals surface area contributed by atoms with Crippen LogP contribution in [0, 0.1) is 19.7 Å². The number of halogens is 2. The monoisotopic (exact) mass is 310 g/mol. The van der Waals surface area contributed by atoms with Crippen molar-refractivity contribution in [3.8, 4) is 0 Å². The van der Waals surface area contributed by atoms with E-state index in [-0.39, 0.29) is 22.6 Å². The van der Waals surface area contributed by atoms with Crippen molar-refractivity contribution in [1.82, 2.24) is 14.8 Å². The summed E-state index contributed by atoms with van der Waals surface area (Å²) in [6, 6.07) is 2.84. The summed E-state index contributed by atoms with van der Waals surface area (Å²) in [6.45, 7) is 7.38. The number of benzene rings is 1. The molecule has 0 unspecified atom stereocenters. The molecule has 0 bridgehead atoms. The van der Waals surface area contributed by atoms with Crippen LogP contribution in [0.4, 0.5) is 10.3 Å². The molecular formula is C14H16ClFN4O. The molecule has 0 saturated heterocycles. The Labute approximate surface area is 127 Å². The zero-order valence-corrected chi connectivity index (χ0v) is 13.0. The molecule has 5 nitrogen and oxygen atoms in total. The second-order valence-electron chi connectivity index (χ2n) is 5.03. The van der Waals surface area contributed by atoms with Crippen molar-refractivity contribution in [1.29, 1.82) is 0 Å². The van der Waals surface area contributed by atoms with Crippen LogP contribution >= 0.6 is 11.6 Å². The summed E-state index contributed by atoms with van der Waals surface area (Å²) >= 11 is 6.00. The SMILES string of the molecule is Cc1ccc(F)c(C(=O)Nc2nc(C)n(C(C)C)n2)c1Cl. The fraction of sp³-hybridized carbons (Fsp3) is 0.357. The molecule has 1 N–H and O–H groups in total. The first-order valence-electron chi connectivity index (χ1n) is 6.50. The second-order valence-corrected chi connectivity index (χ2v) is 5.41. The maximum Gasteiger partial charge on any atom is 0.262 e. The number of hydrogen-bond acceptors (Lipinski definition) is 3. The van der Waals surface area contributed by atoms with Gasteiger partial charge in [-0.3, -0.25) is 10.1 Å². The minimum absolute atomic E-state index is 0.0903. The van der Waals surface area contributed by atoms with Gasteiger partial charge in [-0.05, 0) is 39.3 Å². The van der Waals surface area contributed by atoms with Gasteiger partial charge >= 0.3 is 0 Å². The summed E-state index contributed by atoms with van der Waals surface area (Å²) in [7, 11) is 0. The summed E-state index contributed by atoms with van der Waals surface area (Å²) in [5.41, 5.74) is 0.426. The van der Waals surface area contributed by atoms with Crippen molar-refractivity contribution in [2.24, 2.45) is 0 Å². The van der Waals surface area contributed by atoms with Gasteiger partial charge in [0.25, 0.3) is 5.91 Å². The van der Waals surface area contributed by atoms with Crippen molar-refractivity contribution >= 4 is 23.5 Å². The molecule has 0 aliphatic rings. The molecule has 0 atom stereocenters. The largest absolute Gasteiger partial charge is 0.289 e. The zero-order chi connectivity index (χ0) is 15.7. The molecule has 1 aromatic heterocycles. The second kappa shape index (κ2) is 5.81. The Morgan fingerprint density at radius 2 is 2.05 bits per heavy atom. The predicted molar refractivity (Wildman–Crippen MR) is 79.2 cm³/mol. The minimum atomic E-state index is -0.678. The van der Waals surface area contributed by atoms with E-state index in [4.69, 9.17) is 11.6 Å². The van der Waals surface area contributed by atoms with Gasteiger partial charge in [0.15, 0.2) is 0 Å². The standard InChI is InChI=1S/C14H16ClFN4O/c1-7(2)20-9(4)17-14(19-20)18-13(21)11-10(16)6-5-8(3)12(11)15/h5-7H,1-4H3,(H,18,19,21). The Hall–Kier alpha value is -1.95. The maximum atomic E-state index is 13.8. The molecule has 1 heterocycles. The first-order valence-corrected chi connectivity index (χ1v) is 6.88. The van der Waals surface area contributed by atoms with Crippen molar-refractivity contribution in [3.05, 3.63) is 39.9 Å². The number of anilines is 1. The lowest BCUT2D eigenvalue weighted by molar-refractivity contribution is 0.102. The summed E-state index contributed by atoms with van der Waals surface area (Å²) in [6.07, 6.45) is 0. The lowest BCUT2D eigenvalue weighted by Gasteiger charge is -2.07. The summed E-state index contributed by atoms with van der Waals surface area (Å²) in [5.74, 6) is -0.551. The quantitative estimate of drug-likeness (QED) is 0.943. The molecule has 0 spiro atoms. The first kappa shape index (κ1) is 15.4. The smallest absolute Gasteiger partial charge is 0.262 e. The van der Waals surface area contributed by atoms with E-state index in [1.165, 1.54) is 12.1 Å². The third-order valence-corrected chi connectivity index (χ3v) is 3.51. The summed E-state index contributed by atoms with van der Waals surface area (Å²) in [5, 5.41) is 6.73. The van der Waals surface area contributed by atoms with Crippen LogP contribution in [-0.4, -0.2) is 20.7 Å². The fourth-order valence-electron chi connectivity index (χ4n) is 1.97. The highest BCUT2D eigenvalue weighted by Gasteiger charge is 2.20. The zero-order valence-electron chi connectivity index (χ0n) is 12.2. The van der Waals surface area contributed by atoms with Gasteiger partial charge in [-0.25, -0.2) is 9.07 Å². The first-order chi connectivity index (χ1) is 9.81. The molecule has 7 heteroatoms. The van der Waals surface area contributed by atoms with Crippen LogP contribution in [0.25, 0.3) is 0 Å². The Bertz CT molecular complexity index is 697. The van der Waals surface area contributed by atoms with E-state index in [0.29, 0.717) is 11.4 Å². The molecule has 2 aromatic rings. The number of nitrogens with zero attached hydrogens (tertiary/aromatic N) is 3. The lowest BCUT2D eigenvalue weighted by atomic mass is 10.1. The van der Waals surface area contributed by atoms with Crippen LogP contribution < -0.4 is 5.32 Å². The highest BCUT2D eigenvalue weighted by Crippen LogP contribution is 2.24. The van der Waals surface area contributed by atoms with Gasteiger partial charge in [0.1, 0.15) is 11.6 Å². The summed E-state index contributed by atoms with van der Waals surface area (Å²) < 4.78 is 15.5. The Morgan fingerprint density at radius 1 is 1.38 bits per heavy atom. The number of carbonyl (C=O) groups excluding carboxylic acids is 1. The van der Waals surface area contributed by atoms with E-state index >= 15 is 0 Å². The number of aromatic nitrogens is 3. The average molecular weight is 311 g/mol. The summed E-state index contributed by atoms with van der Waals surface area (Å²) in [4.78, 5) is 16.3. The van der Waals surface area contributed by atoms with E-state index in [1.54, 1.807) is 18.5 Å². The minimum Gasteiger partial charge on any atom is -0.289 e. The Kier molecular flexibility index (Phi) is 4.27. The highest BCUT2D eigenvalue weighted by molar-refractivity contribution is 6.35. The molecule has 1 amide bonds. The van der Waals surface area contributed by atoms with Crippen LogP contribution in [0.3, 0.4) is 0 Å². The molecule has 21 heavy (non-hydrogen) atoms. The van der Waals surface area contributed by atoms with E-state index in [2.05, 4.69) is 15.4 Å². The number of carbonyl (C=O) groups is 1. The van der Waals surface area contributed by atoms with E-state index in [0.717, 1.165) is 0 Å². The van der Waals surface area contributed by atoms with Gasteiger partial charge in [0.05, 0.1) is 10.6 Å². The molecular weight excluding hydrogens is 295 g/mol. The molecule has 0 aliphatic heterocycles. The van der Waals surface area contributed by atoms with Gasteiger partial charge in [0, 0.05) is 6.04 Å². The maximum absolute atomic E-state index is 13.8. The van der Waals surface area contributed by atoms with Gasteiger partial charge in [0.2, 0.25) is 5.95 Å². The molecule has 0 saturated carbocycles. The molecule has 1 aromatic carbocycles. The molecule has 112 valence electrons. The number of rotatable bonds is 3.